The smallest absolute Gasteiger partial charge is 0.187 e. The van der Waals surface area contributed by atoms with E-state index in [9.17, 15) is 51.1 Å². The molecule has 0 aromatic carbocycles. The highest BCUT2D eigenvalue weighted by Gasteiger charge is 2.51. The van der Waals surface area contributed by atoms with E-state index in [2.05, 4.69) is 0 Å². The number of hydrogen-bond donors (Lipinski definition) is 10. The van der Waals surface area contributed by atoms with E-state index in [1.807, 2.05) is 0 Å². The van der Waals surface area contributed by atoms with Crippen molar-refractivity contribution in [3.05, 3.63) is 0 Å². The van der Waals surface area contributed by atoms with Crippen LogP contribution < -0.4 is 0 Å². The Hall–Kier alpha value is -0.600. The molecule has 0 bridgehead atoms. The van der Waals surface area contributed by atoms with Crippen LogP contribution in [0.5, 0.6) is 0 Å². The molecular formula is C17H30O15. The van der Waals surface area contributed by atoms with Crippen molar-refractivity contribution < 1.29 is 74.7 Å². The summed E-state index contributed by atoms with van der Waals surface area (Å²) in [6, 6.07) is 0. The van der Waals surface area contributed by atoms with E-state index in [4.69, 9.17) is 23.7 Å². The zero-order chi connectivity index (χ0) is 23.7. The van der Waals surface area contributed by atoms with Crippen molar-refractivity contribution in [3.63, 3.8) is 0 Å². The maximum atomic E-state index is 10.5. The van der Waals surface area contributed by atoms with Crippen LogP contribution in [-0.4, -0.2) is 157 Å². The number of rotatable bonds is 7. The second kappa shape index (κ2) is 10.8. The molecule has 32 heavy (non-hydrogen) atoms. The summed E-state index contributed by atoms with van der Waals surface area (Å²) in [6.07, 6.45) is -22.1. The van der Waals surface area contributed by atoms with Gasteiger partial charge in [0.05, 0.1) is 19.8 Å². The van der Waals surface area contributed by atoms with E-state index in [1.54, 1.807) is 0 Å². The lowest BCUT2D eigenvalue weighted by molar-refractivity contribution is -0.369. The van der Waals surface area contributed by atoms with Gasteiger partial charge >= 0.3 is 0 Å². The Bertz CT molecular complexity index is 594. The third-order valence-corrected chi connectivity index (χ3v) is 5.73. The maximum Gasteiger partial charge on any atom is 0.187 e. The van der Waals surface area contributed by atoms with E-state index in [0.29, 0.717) is 0 Å². The van der Waals surface area contributed by atoms with Crippen molar-refractivity contribution in [1.29, 1.82) is 0 Å². The second-order valence-electron chi connectivity index (χ2n) is 7.88. The SMILES string of the molecule is OC[C@H]1O[C@H](O[C@@H]2[C@@H](OC[C@H]3O[C@@H](O)[C@@H](O)[C@@H]3O)O[C@H](CO)[C@@H](O)[C@@H]2O)[C@@H](O)[C@@H](O)[C@@H]1O. The minimum Gasteiger partial charge on any atom is -0.394 e. The van der Waals surface area contributed by atoms with Gasteiger partial charge in [0.15, 0.2) is 18.9 Å². The molecule has 3 fully saturated rings. The fourth-order valence-corrected chi connectivity index (χ4v) is 3.73. The molecule has 0 aromatic rings. The van der Waals surface area contributed by atoms with Crippen LogP contribution in [0, 0.1) is 0 Å². The lowest BCUT2D eigenvalue weighted by Gasteiger charge is -2.46. The van der Waals surface area contributed by atoms with Gasteiger partial charge in [0, 0.05) is 0 Å². The molecule has 3 aliphatic rings. The summed E-state index contributed by atoms with van der Waals surface area (Å²) in [7, 11) is 0. The predicted octanol–water partition coefficient (Wildman–Crippen LogP) is -6.93. The van der Waals surface area contributed by atoms with Gasteiger partial charge in [0.25, 0.3) is 0 Å². The van der Waals surface area contributed by atoms with Crippen LogP contribution in [0.2, 0.25) is 0 Å². The first-order valence-corrected chi connectivity index (χ1v) is 10.00. The lowest BCUT2D eigenvalue weighted by Crippen LogP contribution is -2.64. The number of aliphatic hydroxyl groups is 10. The Balaban J connectivity index is 1.73. The van der Waals surface area contributed by atoms with Crippen LogP contribution in [0.3, 0.4) is 0 Å². The van der Waals surface area contributed by atoms with Crippen LogP contribution in [0.4, 0.5) is 0 Å². The standard InChI is InChI=1S/C17H30O15/c18-1-4-7(20)10(23)13(26)16(30-4)32-14-11(24)8(21)5(2-19)31-17(14)28-3-6-9(22)12(25)15(27)29-6/h4-27H,1-3H2/t4-,5-,6-,7-,8-,9-,10+,11+,12+,13+,14+,15-,16-,17+/m1/s1. The predicted molar refractivity (Wildman–Crippen MR) is 95.2 cm³/mol. The van der Waals surface area contributed by atoms with E-state index in [-0.39, 0.29) is 0 Å². The molecule has 0 radical (unpaired) electrons. The molecule has 188 valence electrons. The normalized spacial score (nSPS) is 52.3. The Morgan fingerprint density at radius 1 is 0.531 bits per heavy atom. The zero-order valence-electron chi connectivity index (χ0n) is 16.7. The summed E-state index contributed by atoms with van der Waals surface area (Å²) in [5, 5.41) is 98.2. The molecule has 0 aliphatic carbocycles. The van der Waals surface area contributed by atoms with Crippen LogP contribution in [-0.2, 0) is 23.7 Å². The van der Waals surface area contributed by atoms with Gasteiger partial charge in [0.2, 0.25) is 0 Å². The summed E-state index contributed by atoms with van der Waals surface area (Å²) in [6.45, 7) is -1.94. The third-order valence-electron chi connectivity index (χ3n) is 5.73. The maximum absolute atomic E-state index is 10.5. The first-order chi connectivity index (χ1) is 15.1. The lowest BCUT2D eigenvalue weighted by atomic mass is 9.97. The van der Waals surface area contributed by atoms with Gasteiger partial charge in [-0.2, -0.15) is 0 Å². The highest BCUT2D eigenvalue weighted by Crippen LogP contribution is 2.30. The van der Waals surface area contributed by atoms with Gasteiger partial charge in [-0.3, -0.25) is 0 Å². The van der Waals surface area contributed by atoms with Crippen molar-refractivity contribution in [2.24, 2.45) is 0 Å². The number of ether oxygens (including phenoxy) is 5. The number of aliphatic hydroxyl groups excluding tert-OH is 10. The van der Waals surface area contributed by atoms with Gasteiger partial charge in [-0.15, -0.1) is 0 Å². The first kappa shape index (κ1) is 26.0. The number of hydrogen-bond acceptors (Lipinski definition) is 15. The fourth-order valence-electron chi connectivity index (χ4n) is 3.73. The van der Waals surface area contributed by atoms with Crippen LogP contribution >= 0.6 is 0 Å². The van der Waals surface area contributed by atoms with Crippen molar-refractivity contribution in [2.75, 3.05) is 19.8 Å². The summed E-state index contributed by atoms with van der Waals surface area (Å²) in [5.41, 5.74) is 0. The van der Waals surface area contributed by atoms with Crippen molar-refractivity contribution in [2.45, 2.75) is 86.0 Å². The Morgan fingerprint density at radius 2 is 1.06 bits per heavy atom. The second-order valence-corrected chi connectivity index (χ2v) is 7.88. The van der Waals surface area contributed by atoms with Crippen LogP contribution in [0.1, 0.15) is 0 Å². The minimum atomic E-state index is -1.82. The highest BCUT2D eigenvalue weighted by molar-refractivity contribution is 4.94. The van der Waals surface area contributed by atoms with E-state index >= 15 is 0 Å². The summed E-state index contributed by atoms with van der Waals surface area (Å²) in [5.74, 6) is 0. The highest BCUT2D eigenvalue weighted by atomic mass is 16.8. The Labute approximate surface area is 181 Å². The molecular weight excluding hydrogens is 444 g/mol. The van der Waals surface area contributed by atoms with E-state index < -0.39 is 106 Å². The molecule has 3 heterocycles. The van der Waals surface area contributed by atoms with Gasteiger partial charge in [-0.05, 0) is 0 Å². The molecule has 3 saturated heterocycles. The van der Waals surface area contributed by atoms with Crippen molar-refractivity contribution >= 4 is 0 Å². The molecule has 0 amide bonds. The topological polar surface area (TPSA) is 248 Å². The summed E-state index contributed by atoms with van der Waals surface area (Å²) < 4.78 is 26.5. The Morgan fingerprint density at radius 3 is 1.59 bits per heavy atom. The molecule has 3 rings (SSSR count). The monoisotopic (exact) mass is 474 g/mol. The van der Waals surface area contributed by atoms with Gasteiger partial charge in [0.1, 0.15) is 67.1 Å². The van der Waals surface area contributed by atoms with E-state index in [0.717, 1.165) is 0 Å². The molecule has 0 unspecified atom stereocenters. The van der Waals surface area contributed by atoms with Gasteiger partial charge < -0.3 is 74.7 Å². The molecule has 0 aromatic heterocycles. The first-order valence-electron chi connectivity index (χ1n) is 10.00. The van der Waals surface area contributed by atoms with E-state index in [1.165, 1.54) is 0 Å². The molecule has 15 heteroatoms. The van der Waals surface area contributed by atoms with Crippen molar-refractivity contribution in [3.8, 4) is 0 Å². The molecule has 0 saturated carbocycles. The Kier molecular flexibility index (Phi) is 8.75. The zero-order valence-corrected chi connectivity index (χ0v) is 16.7. The average Bonchev–Trinajstić information content (AvgIpc) is 3.02. The van der Waals surface area contributed by atoms with Gasteiger partial charge in [-0.25, -0.2) is 0 Å². The fraction of sp³-hybridized carbons (Fsp3) is 1.00. The third kappa shape index (κ3) is 5.07. The quantitative estimate of drug-likeness (QED) is 0.165. The molecule has 10 N–H and O–H groups in total. The molecule has 3 aliphatic heterocycles. The molecule has 15 nitrogen and oxygen atoms in total. The molecule has 0 spiro atoms. The molecule has 14 atom stereocenters. The van der Waals surface area contributed by atoms with Crippen molar-refractivity contribution in [1.82, 2.24) is 0 Å². The summed E-state index contributed by atoms with van der Waals surface area (Å²) in [4.78, 5) is 0. The average molecular weight is 474 g/mol. The van der Waals surface area contributed by atoms with Crippen LogP contribution in [0.15, 0.2) is 0 Å². The van der Waals surface area contributed by atoms with Gasteiger partial charge in [-0.1, -0.05) is 0 Å². The largest absolute Gasteiger partial charge is 0.394 e. The summed E-state index contributed by atoms with van der Waals surface area (Å²) >= 11 is 0. The van der Waals surface area contributed by atoms with Crippen LogP contribution in [0.25, 0.3) is 0 Å². The minimum absolute atomic E-state index is 0.491.